The maximum absolute atomic E-state index is 7.29. The van der Waals surface area contributed by atoms with E-state index < -0.39 is 0 Å². The number of fused-ring (bicyclic) bond motifs is 1. The average molecular weight is 333 g/mol. The highest BCUT2D eigenvalue weighted by atomic mass is 15.4. The molecule has 0 aliphatic carbocycles. The second-order valence-electron chi connectivity index (χ2n) is 5.15. The molecule has 0 saturated heterocycles. The fourth-order valence-electron chi connectivity index (χ4n) is 2.33. The number of aromatic nitrogens is 8. The lowest BCUT2D eigenvalue weighted by atomic mass is 10.4. The zero-order valence-corrected chi connectivity index (χ0v) is 13.3. The van der Waals surface area contributed by atoms with Crippen LogP contribution in [-0.2, 0) is 0 Å². The number of nitrogens with zero attached hydrogens (tertiary/aromatic N) is 10. The third-order valence-corrected chi connectivity index (χ3v) is 3.54. The van der Waals surface area contributed by atoms with Crippen molar-refractivity contribution in [1.82, 2.24) is 39.8 Å². The Labute approximate surface area is 140 Å². The Balaban J connectivity index is 1.83. The Kier molecular flexibility index (Phi) is 3.28. The largest absolute Gasteiger partial charge is 0.293 e. The highest BCUT2D eigenvalue weighted by molar-refractivity contribution is 5.67. The normalized spacial score (nSPS) is 11.4. The van der Waals surface area contributed by atoms with Crippen LogP contribution in [-0.4, -0.2) is 39.8 Å². The predicted molar refractivity (Wildman–Crippen MR) is 86.4 cm³/mol. The molecule has 25 heavy (non-hydrogen) atoms. The summed E-state index contributed by atoms with van der Waals surface area (Å²) < 4.78 is 3.14. The quantitative estimate of drug-likeness (QED) is 0.456. The van der Waals surface area contributed by atoms with E-state index in [1.807, 2.05) is 13.8 Å². The second kappa shape index (κ2) is 5.60. The van der Waals surface area contributed by atoms with Crippen LogP contribution in [0.1, 0.15) is 11.5 Å². The lowest BCUT2D eigenvalue weighted by Gasteiger charge is -2.01. The monoisotopic (exact) mass is 333 g/mol. The Hall–Kier alpha value is -3.94. The molecule has 0 radical (unpaired) electrons. The summed E-state index contributed by atoms with van der Waals surface area (Å²) in [5.41, 5.74) is 2.15. The molecular weight excluding hydrogens is 322 g/mol. The van der Waals surface area contributed by atoms with E-state index in [2.05, 4.69) is 45.7 Å². The molecule has 0 spiro atoms. The minimum absolute atomic E-state index is 0.260. The summed E-state index contributed by atoms with van der Waals surface area (Å²) >= 11 is 0. The van der Waals surface area contributed by atoms with E-state index in [-0.39, 0.29) is 11.5 Å². The summed E-state index contributed by atoms with van der Waals surface area (Å²) in [6.07, 6.45) is 2.97. The molecule has 4 aromatic rings. The summed E-state index contributed by atoms with van der Waals surface area (Å²) in [6.45, 7) is 11.0. The van der Waals surface area contributed by atoms with Crippen LogP contribution < -0.4 is 0 Å². The molecule has 0 amide bonds. The van der Waals surface area contributed by atoms with Crippen molar-refractivity contribution in [1.29, 1.82) is 0 Å². The first-order valence-corrected chi connectivity index (χ1v) is 7.24. The van der Waals surface area contributed by atoms with E-state index in [0.717, 1.165) is 5.69 Å². The number of hydrogen-bond donors (Lipinski definition) is 1. The molecule has 0 aliphatic heterocycles. The smallest absolute Gasteiger partial charge is 0.252 e. The molecule has 122 valence electrons. The van der Waals surface area contributed by atoms with Gasteiger partial charge in [-0.3, -0.25) is 5.10 Å². The van der Waals surface area contributed by atoms with Crippen LogP contribution in [0.4, 0.5) is 17.2 Å². The SMILES string of the molecule is [C-]#[N+]c1cnn(-c2cccnn2)c1N=Nc1c(C)[nH]n2c(C)nnc12. The van der Waals surface area contributed by atoms with Gasteiger partial charge in [-0.2, -0.15) is 10.2 Å². The summed E-state index contributed by atoms with van der Waals surface area (Å²) in [4.78, 5) is 3.43. The highest BCUT2D eigenvalue weighted by Crippen LogP contribution is 2.32. The zero-order chi connectivity index (χ0) is 17.4. The fraction of sp³-hybridized carbons (Fsp3) is 0.143. The Morgan fingerprint density at radius 2 is 2.08 bits per heavy atom. The van der Waals surface area contributed by atoms with Gasteiger partial charge >= 0.3 is 0 Å². The van der Waals surface area contributed by atoms with Crippen LogP contribution in [0.3, 0.4) is 0 Å². The number of aromatic amines is 1. The summed E-state index contributed by atoms with van der Waals surface area (Å²) in [6, 6.07) is 3.44. The number of hydrogen-bond acceptors (Lipinski definition) is 7. The number of nitrogens with one attached hydrogen (secondary N) is 1. The average Bonchev–Trinajstić information content (AvgIpc) is 3.29. The minimum Gasteiger partial charge on any atom is -0.293 e. The Bertz CT molecular complexity index is 1120. The van der Waals surface area contributed by atoms with Crippen molar-refractivity contribution in [2.75, 3.05) is 0 Å². The third kappa shape index (κ3) is 2.32. The number of H-pyrrole nitrogens is 1. The molecule has 0 saturated carbocycles. The van der Waals surface area contributed by atoms with Gasteiger partial charge in [-0.25, -0.2) is 14.0 Å². The van der Waals surface area contributed by atoms with Gasteiger partial charge < -0.3 is 0 Å². The number of aryl methyl sites for hydroxylation is 2. The topological polar surface area (TPSA) is 119 Å². The number of rotatable bonds is 3. The van der Waals surface area contributed by atoms with Crippen LogP contribution >= 0.6 is 0 Å². The van der Waals surface area contributed by atoms with Gasteiger partial charge in [-0.15, -0.1) is 25.5 Å². The fourth-order valence-corrected chi connectivity index (χ4v) is 2.33. The van der Waals surface area contributed by atoms with Gasteiger partial charge in [-0.1, -0.05) is 0 Å². The first-order valence-electron chi connectivity index (χ1n) is 7.24. The van der Waals surface area contributed by atoms with Crippen molar-refractivity contribution in [3.63, 3.8) is 0 Å². The van der Waals surface area contributed by atoms with E-state index in [1.54, 1.807) is 22.8 Å². The molecule has 4 rings (SSSR count). The first kappa shape index (κ1) is 14.6. The van der Waals surface area contributed by atoms with Crippen LogP contribution in [0.2, 0.25) is 0 Å². The molecule has 1 N–H and O–H groups in total. The van der Waals surface area contributed by atoms with Crippen LogP contribution in [0, 0.1) is 20.4 Å². The van der Waals surface area contributed by atoms with Crippen molar-refractivity contribution in [2.24, 2.45) is 10.2 Å². The Morgan fingerprint density at radius 1 is 1.20 bits per heavy atom. The Morgan fingerprint density at radius 3 is 2.84 bits per heavy atom. The molecule has 11 heteroatoms. The van der Waals surface area contributed by atoms with Gasteiger partial charge in [0.15, 0.2) is 17.3 Å². The van der Waals surface area contributed by atoms with Gasteiger partial charge in [-0.05, 0) is 26.0 Å². The zero-order valence-electron chi connectivity index (χ0n) is 13.3. The molecule has 4 aromatic heterocycles. The molecular formula is C14H11N11. The van der Waals surface area contributed by atoms with Gasteiger partial charge in [0, 0.05) is 6.20 Å². The molecule has 0 aromatic carbocycles. The minimum atomic E-state index is 0.260. The predicted octanol–water partition coefficient (Wildman–Crippen LogP) is 2.62. The van der Waals surface area contributed by atoms with E-state index in [4.69, 9.17) is 6.57 Å². The maximum atomic E-state index is 7.29. The summed E-state index contributed by atoms with van der Waals surface area (Å²) in [5, 5.41) is 31.6. The van der Waals surface area contributed by atoms with Crippen molar-refractivity contribution in [3.05, 3.63) is 47.5 Å². The number of azo groups is 1. The van der Waals surface area contributed by atoms with E-state index in [9.17, 15) is 0 Å². The molecule has 4 heterocycles. The van der Waals surface area contributed by atoms with Crippen molar-refractivity contribution < 1.29 is 0 Å². The van der Waals surface area contributed by atoms with Gasteiger partial charge in [0.05, 0.1) is 18.5 Å². The van der Waals surface area contributed by atoms with Gasteiger partial charge in [0.1, 0.15) is 5.82 Å². The molecule has 0 atom stereocenters. The van der Waals surface area contributed by atoms with Gasteiger partial charge in [0.2, 0.25) is 5.65 Å². The lowest BCUT2D eigenvalue weighted by molar-refractivity contribution is 0.809. The molecule has 0 bridgehead atoms. The van der Waals surface area contributed by atoms with Gasteiger partial charge in [0.25, 0.3) is 5.69 Å². The van der Waals surface area contributed by atoms with Crippen molar-refractivity contribution in [2.45, 2.75) is 13.8 Å². The first-order chi connectivity index (χ1) is 12.2. The second-order valence-corrected chi connectivity index (χ2v) is 5.15. The standard InChI is InChI=1S/C14H11N11/c1-8-12(14-22-18-9(2)24(14)23-8)20-21-13-10(15-3)7-17-25(13)11-5-4-6-16-19-11/h4-7,23H,1-2H3. The van der Waals surface area contributed by atoms with Crippen LogP contribution in [0.25, 0.3) is 16.3 Å². The van der Waals surface area contributed by atoms with E-state index in [0.29, 0.717) is 23.0 Å². The summed E-state index contributed by atoms with van der Waals surface area (Å²) in [5.74, 6) is 1.43. The molecule has 11 nitrogen and oxygen atoms in total. The van der Waals surface area contributed by atoms with E-state index >= 15 is 0 Å². The van der Waals surface area contributed by atoms with Crippen LogP contribution in [0.15, 0.2) is 34.8 Å². The van der Waals surface area contributed by atoms with Crippen molar-refractivity contribution in [3.8, 4) is 5.82 Å². The molecule has 0 fully saturated rings. The summed E-state index contributed by atoms with van der Waals surface area (Å²) in [7, 11) is 0. The van der Waals surface area contributed by atoms with Crippen molar-refractivity contribution >= 4 is 22.8 Å². The third-order valence-electron chi connectivity index (χ3n) is 3.54. The molecule has 0 aliphatic rings. The molecule has 0 unspecified atom stereocenters. The lowest BCUT2D eigenvalue weighted by Crippen LogP contribution is -1.99. The highest BCUT2D eigenvalue weighted by Gasteiger charge is 2.16. The van der Waals surface area contributed by atoms with E-state index in [1.165, 1.54) is 10.9 Å². The van der Waals surface area contributed by atoms with Crippen LogP contribution in [0.5, 0.6) is 0 Å². The maximum Gasteiger partial charge on any atom is 0.252 e.